The smallest absolute Gasteiger partial charge is 0.419 e. The van der Waals surface area contributed by atoms with Crippen molar-refractivity contribution >= 4 is 5.71 Å². The van der Waals surface area contributed by atoms with E-state index in [4.69, 9.17) is 4.74 Å². The summed E-state index contributed by atoms with van der Waals surface area (Å²) in [7, 11) is 2.79. The highest BCUT2D eigenvalue weighted by Crippen LogP contribution is 2.43. The first-order valence-electron chi connectivity index (χ1n) is 10.2. The molecule has 1 aliphatic rings. The molecule has 0 aliphatic heterocycles. The van der Waals surface area contributed by atoms with Crippen molar-refractivity contribution in [3.63, 3.8) is 0 Å². The minimum atomic E-state index is -4.64. The molecule has 0 bridgehead atoms. The zero-order chi connectivity index (χ0) is 23.8. The van der Waals surface area contributed by atoms with E-state index in [1.807, 2.05) is 6.07 Å². The van der Waals surface area contributed by atoms with Crippen molar-refractivity contribution in [3.05, 3.63) is 69.1 Å². The Balaban J connectivity index is 1.73. The van der Waals surface area contributed by atoms with Crippen molar-refractivity contribution in [2.24, 2.45) is 12.2 Å². The first kappa shape index (κ1) is 22.6. The summed E-state index contributed by atoms with van der Waals surface area (Å²) in [6.07, 6.45) is -2.71. The van der Waals surface area contributed by atoms with Gasteiger partial charge in [0.15, 0.2) is 0 Å². The molecule has 1 aliphatic carbocycles. The lowest BCUT2D eigenvalue weighted by Gasteiger charge is -2.18. The van der Waals surface area contributed by atoms with Gasteiger partial charge in [-0.25, -0.2) is 4.79 Å². The summed E-state index contributed by atoms with van der Waals surface area (Å²) in [5.74, 6) is -0.0483. The van der Waals surface area contributed by atoms with E-state index < -0.39 is 17.4 Å². The number of rotatable bonds is 7. The van der Waals surface area contributed by atoms with Crippen LogP contribution in [0, 0.1) is 0 Å². The van der Waals surface area contributed by atoms with Crippen LogP contribution in [-0.2, 0) is 24.7 Å². The van der Waals surface area contributed by atoms with Crippen LogP contribution in [0.3, 0.4) is 0 Å². The minimum absolute atomic E-state index is 0.168. The normalized spacial score (nSPS) is 14.4. The molecule has 0 spiro atoms. The molecule has 0 unspecified atom stereocenters. The second-order valence-corrected chi connectivity index (χ2v) is 7.77. The van der Waals surface area contributed by atoms with E-state index in [0.717, 1.165) is 33.8 Å². The summed E-state index contributed by atoms with van der Waals surface area (Å²) in [4.78, 5) is 17.1. The molecule has 1 aromatic heterocycles. The van der Waals surface area contributed by atoms with Crippen LogP contribution in [0.1, 0.15) is 47.9 Å². The highest BCUT2D eigenvalue weighted by atomic mass is 19.4. The van der Waals surface area contributed by atoms with Gasteiger partial charge in [-0.15, -0.1) is 0 Å². The number of alkyl halides is 3. The molecule has 0 radical (unpaired) electrons. The van der Waals surface area contributed by atoms with Crippen molar-refractivity contribution in [2.45, 2.75) is 38.5 Å². The minimum Gasteiger partial charge on any atom is -0.488 e. The number of nitrogens with zero attached hydrogens (tertiary/aromatic N) is 5. The number of hydrogen-bond donors (Lipinski definition) is 0. The number of aryl methyl sites for hydroxylation is 1. The molecular formula is C22H22F3N5O3. The fraction of sp³-hybridized carbons (Fsp3) is 0.364. The Morgan fingerprint density at radius 2 is 1.97 bits per heavy atom. The molecule has 8 nitrogen and oxygen atoms in total. The summed E-state index contributed by atoms with van der Waals surface area (Å²) in [5.41, 5.74) is 1.16. The van der Waals surface area contributed by atoms with E-state index in [2.05, 4.69) is 20.4 Å². The van der Waals surface area contributed by atoms with Gasteiger partial charge in [-0.1, -0.05) is 17.3 Å². The van der Waals surface area contributed by atoms with Crippen LogP contribution in [0.2, 0.25) is 0 Å². The number of aromatic nitrogens is 4. The zero-order valence-electron chi connectivity index (χ0n) is 18.3. The van der Waals surface area contributed by atoms with Crippen molar-refractivity contribution in [1.82, 2.24) is 19.8 Å². The standard InChI is InChI=1S/C22H22F3N5O3/c1-13(26-32-3)15-9-10-20(18(11-15)22(23,24)25)33-12-17-16(14-7-8-14)5-4-6-19(17)30-21(31)29(2)27-28-30/h4-6,9-11,14H,7-8,12H2,1-3H3. The summed E-state index contributed by atoms with van der Waals surface area (Å²) >= 11 is 0. The highest BCUT2D eigenvalue weighted by molar-refractivity contribution is 5.98. The lowest BCUT2D eigenvalue weighted by molar-refractivity contribution is -0.139. The number of tetrazole rings is 1. The Kier molecular flexibility index (Phi) is 5.96. The maximum absolute atomic E-state index is 13.8. The molecule has 0 N–H and O–H groups in total. The van der Waals surface area contributed by atoms with Crippen molar-refractivity contribution in [3.8, 4) is 11.4 Å². The summed E-state index contributed by atoms with van der Waals surface area (Å²) < 4.78 is 49.3. The van der Waals surface area contributed by atoms with Crippen LogP contribution in [-0.4, -0.2) is 32.6 Å². The van der Waals surface area contributed by atoms with Crippen LogP contribution in [0.15, 0.2) is 46.3 Å². The Morgan fingerprint density at radius 3 is 2.58 bits per heavy atom. The monoisotopic (exact) mass is 461 g/mol. The maximum Gasteiger partial charge on any atom is 0.419 e. The predicted octanol–water partition coefficient (Wildman–Crippen LogP) is 3.81. The van der Waals surface area contributed by atoms with Crippen molar-refractivity contribution in [2.75, 3.05) is 7.11 Å². The van der Waals surface area contributed by atoms with Crippen molar-refractivity contribution in [1.29, 1.82) is 0 Å². The summed E-state index contributed by atoms with van der Waals surface area (Å²) in [6, 6.07) is 9.11. The molecule has 1 fully saturated rings. The largest absolute Gasteiger partial charge is 0.488 e. The molecule has 4 rings (SSSR count). The maximum atomic E-state index is 13.8. The van der Waals surface area contributed by atoms with Crippen LogP contribution in [0.5, 0.6) is 5.75 Å². The molecule has 1 saturated carbocycles. The van der Waals surface area contributed by atoms with Gasteiger partial charge in [-0.3, -0.25) is 0 Å². The van der Waals surface area contributed by atoms with Gasteiger partial charge in [0.2, 0.25) is 0 Å². The van der Waals surface area contributed by atoms with Gasteiger partial charge < -0.3 is 9.57 Å². The van der Waals surface area contributed by atoms with E-state index in [9.17, 15) is 18.0 Å². The average Bonchev–Trinajstić information content (AvgIpc) is 3.57. The molecule has 11 heteroatoms. The fourth-order valence-corrected chi connectivity index (χ4v) is 3.63. The summed E-state index contributed by atoms with van der Waals surface area (Å²) in [6.45, 7) is 1.38. The van der Waals surface area contributed by atoms with Crippen LogP contribution >= 0.6 is 0 Å². The van der Waals surface area contributed by atoms with Crippen LogP contribution < -0.4 is 10.4 Å². The zero-order valence-corrected chi connectivity index (χ0v) is 18.3. The molecular weight excluding hydrogens is 439 g/mol. The van der Waals surface area contributed by atoms with Gasteiger partial charge in [0.05, 0.1) is 17.0 Å². The first-order valence-corrected chi connectivity index (χ1v) is 10.2. The molecule has 174 valence electrons. The number of ether oxygens (including phenoxy) is 1. The van der Waals surface area contributed by atoms with Gasteiger partial charge in [0.1, 0.15) is 19.5 Å². The van der Waals surface area contributed by atoms with E-state index in [0.29, 0.717) is 17.0 Å². The quantitative estimate of drug-likeness (QED) is 0.395. The number of oxime groups is 1. The van der Waals surface area contributed by atoms with E-state index in [-0.39, 0.29) is 23.8 Å². The predicted molar refractivity (Wildman–Crippen MR) is 114 cm³/mol. The molecule has 33 heavy (non-hydrogen) atoms. The Labute approximate surface area is 187 Å². The molecule has 0 amide bonds. The molecule has 3 aromatic rings. The lowest BCUT2D eigenvalue weighted by atomic mass is 10.0. The number of benzene rings is 2. The molecule has 2 aromatic carbocycles. The third kappa shape index (κ3) is 4.62. The lowest BCUT2D eigenvalue weighted by Crippen LogP contribution is -2.23. The fourth-order valence-electron chi connectivity index (χ4n) is 3.63. The highest BCUT2D eigenvalue weighted by Gasteiger charge is 2.35. The first-order chi connectivity index (χ1) is 15.7. The van der Waals surface area contributed by atoms with Gasteiger partial charge in [-0.05, 0) is 71.5 Å². The average molecular weight is 461 g/mol. The number of hydrogen-bond acceptors (Lipinski definition) is 6. The Bertz CT molecular complexity index is 1260. The van der Waals surface area contributed by atoms with Crippen LogP contribution in [0.4, 0.5) is 13.2 Å². The molecule has 0 saturated heterocycles. The van der Waals surface area contributed by atoms with Crippen molar-refractivity contribution < 1.29 is 22.7 Å². The second kappa shape index (κ2) is 8.72. The second-order valence-electron chi connectivity index (χ2n) is 7.77. The Morgan fingerprint density at radius 1 is 1.21 bits per heavy atom. The van der Waals surface area contributed by atoms with Gasteiger partial charge in [-0.2, -0.15) is 22.5 Å². The van der Waals surface area contributed by atoms with E-state index in [1.165, 1.54) is 26.3 Å². The van der Waals surface area contributed by atoms with Gasteiger partial charge in [0.25, 0.3) is 0 Å². The third-order valence-electron chi connectivity index (χ3n) is 5.46. The van der Waals surface area contributed by atoms with Gasteiger partial charge in [0, 0.05) is 12.6 Å². The van der Waals surface area contributed by atoms with Crippen LogP contribution in [0.25, 0.3) is 5.69 Å². The summed E-state index contributed by atoms with van der Waals surface area (Å²) in [5, 5.41) is 11.3. The third-order valence-corrected chi connectivity index (χ3v) is 5.46. The van der Waals surface area contributed by atoms with E-state index in [1.54, 1.807) is 19.1 Å². The van der Waals surface area contributed by atoms with E-state index >= 15 is 0 Å². The molecule has 0 atom stereocenters. The Hall–Kier alpha value is -3.63. The van der Waals surface area contributed by atoms with Gasteiger partial charge >= 0.3 is 11.9 Å². The number of halogens is 3. The molecule has 1 heterocycles. The SMILES string of the molecule is CON=C(C)c1ccc(OCc2c(C3CC3)cccc2-n2nnn(C)c2=O)c(C(F)(F)F)c1. The topological polar surface area (TPSA) is 83.5 Å².